The van der Waals surface area contributed by atoms with Gasteiger partial charge in [-0.05, 0) is 24.3 Å². The van der Waals surface area contributed by atoms with Crippen LogP contribution in [0.15, 0.2) is 29.6 Å². The Bertz CT molecular complexity index is 353. The van der Waals surface area contributed by atoms with Crippen LogP contribution in [-0.4, -0.2) is 10.1 Å². The molecule has 1 radical (unpaired) electrons. The summed E-state index contributed by atoms with van der Waals surface area (Å²) >= 11 is 1.53. The molecule has 0 saturated heterocycles. The van der Waals surface area contributed by atoms with E-state index < -0.39 is 0 Å². The molecular weight excluding hydrogens is 170 g/mol. The van der Waals surface area contributed by atoms with Gasteiger partial charge in [-0.3, -0.25) is 0 Å². The third-order valence-corrected chi connectivity index (χ3v) is 2.28. The number of nitrogens with zero attached hydrogens (tertiary/aromatic N) is 1. The third-order valence-electron chi connectivity index (χ3n) is 1.50. The fourth-order valence-electron chi connectivity index (χ4n) is 0.930. The molecule has 0 saturated carbocycles. The predicted octanol–water partition coefficient (Wildman–Crippen LogP) is 2.32. The number of hydrogen-bond acceptors (Lipinski definition) is 3. The molecular formula is C9H6NOS. The first-order valence-corrected chi connectivity index (χ1v) is 4.35. The van der Waals surface area contributed by atoms with E-state index in [0.717, 1.165) is 10.6 Å². The van der Waals surface area contributed by atoms with E-state index in [9.17, 15) is 0 Å². The van der Waals surface area contributed by atoms with Crippen LogP contribution in [-0.2, 0) is 0 Å². The summed E-state index contributed by atoms with van der Waals surface area (Å²) in [6.07, 6.45) is 2.75. The summed E-state index contributed by atoms with van der Waals surface area (Å²) in [4.78, 5) is 4.03. The maximum absolute atomic E-state index is 9.03. The zero-order valence-corrected chi connectivity index (χ0v) is 7.01. The highest BCUT2D eigenvalue weighted by molar-refractivity contribution is 7.13. The molecule has 3 heteroatoms. The van der Waals surface area contributed by atoms with Gasteiger partial charge in [0.25, 0.3) is 0 Å². The van der Waals surface area contributed by atoms with E-state index >= 15 is 0 Å². The number of benzene rings is 1. The highest BCUT2D eigenvalue weighted by Gasteiger charge is 1.98. The van der Waals surface area contributed by atoms with Crippen LogP contribution >= 0.6 is 11.3 Å². The summed E-state index contributed by atoms with van der Waals surface area (Å²) in [6, 6.07) is 6.97. The van der Waals surface area contributed by atoms with Crippen molar-refractivity contribution in [3.8, 4) is 16.3 Å². The van der Waals surface area contributed by atoms with E-state index in [0.29, 0.717) is 0 Å². The first kappa shape index (κ1) is 7.31. The number of phenolic OH excluding ortho intramolecular Hbond substituents is 1. The van der Waals surface area contributed by atoms with Crippen LogP contribution in [0.4, 0.5) is 0 Å². The molecule has 12 heavy (non-hydrogen) atoms. The highest BCUT2D eigenvalue weighted by Crippen LogP contribution is 2.22. The van der Waals surface area contributed by atoms with Crippen LogP contribution in [0.5, 0.6) is 5.75 Å². The number of aromatic hydroxyl groups is 1. The molecule has 0 aliphatic rings. The average molecular weight is 176 g/mol. The lowest BCUT2D eigenvalue weighted by molar-refractivity contribution is 0.475. The number of thiazole rings is 1. The Morgan fingerprint density at radius 2 is 2.00 bits per heavy atom. The second-order valence-corrected chi connectivity index (χ2v) is 3.19. The van der Waals surface area contributed by atoms with Gasteiger partial charge in [0.1, 0.15) is 17.0 Å². The molecule has 1 heterocycles. The lowest BCUT2D eigenvalue weighted by Gasteiger charge is -1.94. The van der Waals surface area contributed by atoms with Crippen LogP contribution in [0.3, 0.4) is 0 Å². The summed E-state index contributed by atoms with van der Waals surface area (Å²) in [5.41, 5.74) is 1.01. The van der Waals surface area contributed by atoms with Crippen LogP contribution in [0.25, 0.3) is 10.6 Å². The summed E-state index contributed by atoms with van der Waals surface area (Å²) < 4.78 is 0. The standard InChI is InChI=1S/C9H6NOS/c11-8-3-1-7(2-4-8)9-10-5-6-12-9/h1-4,6,11H. The Labute approximate surface area is 74.1 Å². The Morgan fingerprint density at radius 1 is 1.25 bits per heavy atom. The summed E-state index contributed by atoms with van der Waals surface area (Å²) in [5.74, 6) is 0.277. The third kappa shape index (κ3) is 1.31. The number of aromatic nitrogens is 1. The van der Waals surface area contributed by atoms with Gasteiger partial charge in [0, 0.05) is 10.9 Å². The molecule has 0 fully saturated rings. The zero-order valence-electron chi connectivity index (χ0n) is 6.19. The van der Waals surface area contributed by atoms with Crippen LogP contribution < -0.4 is 0 Å². The van der Waals surface area contributed by atoms with Crippen molar-refractivity contribution in [2.75, 3.05) is 0 Å². The summed E-state index contributed by atoms with van der Waals surface area (Å²) in [7, 11) is 0. The van der Waals surface area contributed by atoms with Gasteiger partial charge in [0.05, 0.1) is 0 Å². The average Bonchev–Trinajstić information content (AvgIpc) is 2.58. The van der Waals surface area contributed by atoms with E-state index in [4.69, 9.17) is 5.11 Å². The Balaban J connectivity index is 2.43. The molecule has 1 aromatic carbocycles. The van der Waals surface area contributed by atoms with E-state index in [2.05, 4.69) is 11.2 Å². The van der Waals surface area contributed by atoms with Crippen molar-refractivity contribution in [3.05, 3.63) is 35.8 Å². The van der Waals surface area contributed by atoms with Gasteiger partial charge in [0.15, 0.2) is 0 Å². The second kappa shape index (κ2) is 2.95. The minimum Gasteiger partial charge on any atom is -0.508 e. The topological polar surface area (TPSA) is 33.1 Å². The fourth-order valence-corrected chi connectivity index (χ4v) is 1.52. The van der Waals surface area contributed by atoms with Crippen LogP contribution in [0, 0.1) is 6.20 Å². The van der Waals surface area contributed by atoms with Gasteiger partial charge in [0.2, 0.25) is 0 Å². The van der Waals surface area contributed by atoms with E-state index in [1.54, 1.807) is 12.1 Å². The van der Waals surface area contributed by atoms with Gasteiger partial charge >= 0.3 is 0 Å². The van der Waals surface area contributed by atoms with Crippen molar-refractivity contribution in [2.24, 2.45) is 0 Å². The zero-order chi connectivity index (χ0) is 8.39. The van der Waals surface area contributed by atoms with E-state index in [1.807, 2.05) is 17.5 Å². The highest BCUT2D eigenvalue weighted by atomic mass is 32.1. The monoisotopic (exact) mass is 176 g/mol. The van der Waals surface area contributed by atoms with Crippen molar-refractivity contribution in [3.63, 3.8) is 0 Å². The molecule has 2 aromatic rings. The lowest BCUT2D eigenvalue weighted by atomic mass is 10.2. The number of rotatable bonds is 1. The molecule has 2 rings (SSSR count). The van der Waals surface area contributed by atoms with Gasteiger partial charge in [-0.15, -0.1) is 11.3 Å². The molecule has 0 atom stereocenters. The van der Waals surface area contributed by atoms with Gasteiger partial charge in [-0.2, -0.15) is 0 Å². The van der Waals surface area contributed by atoms with Crippen molar-refractivity contribution in [2.45, 2.75) is 0 Å². The molecule has 0 bridgehead atoms. The molecule has 2 nitrogen and oxygen atoms in total. The minimum atomic E-state index is 0.277. The molecule has 0 unspecified atom stereocenters. The maximum atomic E-state index is 9.03. The lowest BCUT2D eigenvalue weighted by Crippen LogP contribution is -1.73. The van der Waals surface area contributed by atoms with E-state index in [1.165, 1.54) is 11.3 Å². The molecule has 59 valence electrons. The largest absolute Gasteiger partial charge is 0.508 e. The minimum absolute atomic E-state index is 0.277. The van der Waals surface area contributed by atoms with Crippen molar-refractivity contribution in [1.29, 1.82) is 0 Å². The van der Waals surface area contributed by atoms with Crippen LogP contribution in [0.1, 0.15) is 0 Å². The van der Waals surface area contributed by atoms with Crippen molar-refractivity contribution < 1.29 is 5.11 Å². The number of hydrogen-bond donors (Lipinski definition) is 1. The Kier molecular flexibility index (Phi) is 1.80. The molecule has 0 amide bonds. The summed E-state index contributed by atoms with van der Waals surface area (Å²) in [5, 5.41) is 11.8. The first-order valence-electron chi connectivity index (χ1n) is 3.47. The second-order valence-electron chi connectivity index (χ2n) is 2.33. The fraction of sp³-hybridized carbons (Fsp3) is 0. The smallest absolute Gasteiger partial charge is 0.124 e. The van der Waals surface area contributed by atoms with Gasteiger partial charge < -0.3 is 5.11 Å². The summed E-state index contributed by atoms with van der Waals surface area (Å²) in [6.45, 7) is 0. The molecule has 1 N–H and O–H groups in total. The Morgan fingerprint density at radius 3 is 2.58 bits per heavy atom. The van der Waals surface area contributed by atoms with E-state index in [-0.39, 0.29) is 5.75 Å². The molecule has 0 aliphatic heterocycles. The number of phenols is 1. The van der Waals surface area contributed by atoms with Crippen molar-refractivity contribution in [1.82, 2.24) is 4.98 Å². The quantitative estimate of drug-likeness (QED) is 0.723. The molecule has 0 spiro atoms. The molecule has 1 aromatic heterocycles. The normalized spacial score (nSPS) is 10.0. The predicted molar refractivity (Wildman–Crippen MR) is 48.1 cm³/mol. The van der Waals surface area contributed by atoms with Gasteiger partial charge in [-0.1, -0.05) is 0 Å². The molecule has 0 aliphatic carbocycles. The van der Waals surface area contributed by atoms with Crippen molar-refractivity contribution >= 4 is 11.3 Å². The SMILES string of the molecule is Oc1ccc(-c2n[c]cs2)cc1. The van der Waals surface area contributed by atoms with Gasteiger partial charge in [-0.25, -0.2) is 4.98 Å². The first-order chi connectivity index (χ1) is 5.86. The Hall–Kier alpha value is -1.35. The van der Waals surface area contributed by atoms with Crippen LogP contribution in [0.2, 0.25) is 0 Å². The maximum Gasteiger partial charge on any atom is 0.124 e.